The van der Waals surface area contributed by atoms with Crippen molar-refractivity contribution < 1.29 is 14.9 Å². The van der Waals surface area contributed by atoms with Crippen LogP contribution in [0.1, 0.15) is 68.1 Å². The highest BCUT2D eigenvalue weighted by Crippen LogP contribution is 2.21. The van der Waals surface area contributed by atoms with E-state index in [0.29, 0.717) is 23.1 Å². The number of quaternary nitrogens is 1. The van der Waals surface area contributed by atoms with E-state index in [4.69, 9.17) is 5.73 Å². The first kappa shape index (κ1) is 21.6. The van der Waals surface area contributed by atoms with E-state index in [0.717, 1.165) is 0 Å². The maximum Gasteiger partial charge on any atom is 0.282 e. The van der Waals surface area contributed by atoms with Crippen LogP contribution in [0.3, 0.4) is 0 Å². The molecule has 0 heterocycles. The smallest absolute Gasteiger partial charge is 0.282 e. The van der Waals surface area contributed by atoms with Gasteiger partial charge in [-0.05, 0) is 42.7 Å². The maximum absolute atomic E-state index is 12.6. The van der Waals surface area contributed by atoms with Gasteiger partial charge in [0.1, 0.15) is 6.04 Å². The first-order chi connectivity index (χ1) is 13.2. The fourth-order valence-electron chi connectivity index (χ4n) is 3.19. The summed E-state index contributed by atoms with van der Waals surface area (Å²) in [7, 11) is 0. The van der Waals surface area contributed by atoms with Gasteiger partial charge in [-0.3, -0.25) is 9.59 Å². The molecule has 2 aromatic carbocycles. The Bertz CT molecular complexity index is 796. The Balaban J connectivity index is 2.05. The second kappa shape index (κ2) is 9.51. The molecule has 0 fully saturated rings. The van der Waals surface area contributed by atoms with Crippen LogP contribution in [0, 0.1) is 5.92 Å². The normalized spacial score (nSPS) is 13.4. The Morgan fingerprint density at radius 1 is 0.857 bits per heavy atom. The third-order valence-corrected chi connectivity index (χ3v) is 5.05. The van der Waals surface area contributed by atoms with Crippen LogP contribution in [0.2, 0.25) is 0 Å². The number of rotatable bonds is 8. The molecule has 0 spiro atoms. The third kappa shape index (κ3) is 5.67. The van der Waals surface area contributed by atoms with Gasteiger partial charge in [-0.15, -0.1) is 0 Å². The summed E-state index contributed by atoms with van der Waals surface area (Å²) in [5.41, 5.74) is 8.86. The van der Waals surface area contributed by atoms with Crippen molar-refractivity contribution in [1.29, 1.82) is 0 Å². The predicted molar refractivity (Wildman–Crippen MR) is 113 cm³/mol. The monoisotopic (exact) mass is 382 g/mol. The molecule has 0 aliphatic heterocycles. The predicted octanol–water partition coefficient (Wildman–Crippen LogP) is 3.20. The van der Waals surface area contributed by atoms with Crippen LogP contribution >= 0.6 is 0 Å². The highest BCUT2D eigenvalue weighted by Gasteiger charge is 2.26. The van der Waals surface area contributed by atoms with Gasteiger partial charge in [0.05, 0.1) is 0 Å². The molecule has 0 unspecified atom stereocenters. The van der Waals surface area contributed by atoms with E-state index in [1.807, 2.05) is 6.92 Å². The fourth-order valence-corrected chi connectivity index (χ4v) is 3.19. The Labute approximate surface area is 167 Å². The average Bonchev–Trinajstić information content (AvgIpc) is 2.66. The van der Waals surface area contributed by atoms with Crippen LogP contribution in [0.25, 0.3) is 0 Å². The lowest BCUT2D eigenvalue weighted by Crippen LogP contribution is -2.93. The number of primary amides is 1. The molecule has 5 N–H and O–H groups in total. The summed E-state index contributed by atoms with van der Waals surface area (Å²) in [6, 6.07) is 15.2. The molecule has 2 rings (SSSR count). The number of hydrogen-bond donors (Lipinski definition) is 3. The molecular formula is C23H32N3O2+. The van der Waals surface area contributed by atoms with Gasteiger partial charge in [0.2, 0.25) is 5.91 Å². The largest absolute Gasteiger partial charge is 0.366 e. The quantitative estimate of drug-likeness (QED) is 0.654. The van der Waals surface area contributed by atoms with E-state index >= 15 is 0 Å². The Morgan fingerprint density at radius 3 is 1.86 bits per heavy atom. The van der Waals surface area contributed by atoms with Crippen LogP contribution < -0.4 is 16.4 Å². The molecule has 2 atom stereocenters. The van der Waals surface area contributed by atoms with Crippen molar-refractivity contribution in [2.24, 2.45) is 11.7 Å². The van der Waals surface area contributed by atoms with Crippen molar-refractivity contribution in [3.05, 3.63) is 65.2 Å². The number of hydrogen-bond acceptors (Lipinski definition) is 2. The minimum atomic E-state index is -0.483. The van der Waals surface area contributed by atoms with Crippen LogP contribution in [-0.2, 0) is 4.79 Å². The van der Waals surface area contributed by atoms with Crippen LogP contribution in [-0.4, -0.2) is 17.9 Å². The van der Waals surface area contributed by atoms with Gasteiger partial charge in [0.15, 0.2) is 6.04 Å². The van der Waals surface area contributed by atoms with Crippen molar-refractivity contribution in [3.63, 3.8) is 0 Å². The number of nitrogens with one attached hydrogen (secondary N) is 1. The lowest BCUT2D eigenvalue weighted by molar-refractivity contribution is -0.718. The van der Waals surface area contributed by atoms with Crippen molar-refractivity contribution >= 4 is 17.5 Å². The number of nitrogens with two attached hydrogens (primary N) is 2. The van der Waals surface area contributed by atoms with Gasteiger partial charge in [-0.2, -0.15) is 0 Å². The molecule has 0 aromatic heterocycles. The number of carbonyl (C=O) groups excluding carboxylic acids is 2. The Kier molecular flexibility index (Phi) is 7.35. The zero-order chi connectivity index (χ0) is 20.8. The average molecular weight is 383 g/mol. The fraction of sp³-hybridized carbons (Fsp3) is 0.391. The Hall–Kier alpha value is -2.66. The van der Waals surface area contributed by atoms with E-state index < -0.39 is 5.91 Å². The zero-order valence-electron chi connectivity index (χ0n) is 17.4. The molecule has 0 aliphatic rings. The minimum absolute atomic E-state index is 0.0729. The van der Waals surface area contributed by atoms with Crippen molar-refractivity contribution in [2.75, 3.05) is 5.32 Å². The molecule has 0 saturated heterocycles. The van der Waals surface area contributed by atoms with E-state index in [-0.39, 0.29) is 18.0 Å². The molecule has 28 heavy (non-hydrogen) atoms. The van der Waals surface area contributed by atoms with Gasteiger partial charge in [0, 0.05) is 22.7 Å². The number of carbonyl (C=O) groups is 2. The van der Waals surface area contributed by atoms with Crippen LogP contribution in [0.5, 0.6) is 0 Å². The second-order valence-electron chi connectivity index (χ2n) is 8.00. The summed E-state index contributed by atoms with van der Waals surface area (Å²) in [6.07, 6.45) is 0. The maximum atomic E-state index is 12.6. The highest BCUT2D eigenvalue weighted by atomic mass is 16.2. The Morgan fingerprint density at radius 2 is 1.39 bits per heavy atom. The summed E-state index contributed by atoms with van der Waals surface area (Å²) in [6.45, 7) is 10.6. The molecular weight excluding hydrogens is 350 g/mol. The van der Waals surface area contributed by atoms with E-state index in [1.54, 1.807) is 24.3 Å². The highest BCUT2D eigenvalue weighted by molar-refractivity contribution is 5.95. The van der Waals surface area contributed by atoms with Gasteiger partial charge < -0.3 is 16.4 Å². The molecule has 0 bridgehead atoms. The van der Waals surface area contributed by atoms with Gasteiger partial charge in [-0.1, -0.05) is 52.0 Å². The second-order valence-corrected chi connectivity index (χ2v) is 8.00. The summed E-state index contributed by atoms with van der Waals surface area (Å²) < 4.78 is 0. The van der Waals surface area contributed by atoms with Crippen LogP contribution in [0.4, 0.5) is 5.69 Å². The lowest BCUT2D eigenvalue weighted by Gasteiger charge is -2.23. The number of benzene rings is 2. The summed E-state index contributed by atoms with van der Waals surface area (Å²) in [4.78, 5) is 23.8. The van der Waals surface area contributed by atoms with Crippen molar-refractivity contribution in [3.8, 4) is 0 Å². The van der Waals surface area contributed by atoms with Crippen molar-refractivity contribution in [1.82, 2.24) is 0 Å². The summed E-state index contributed by atoms with van der Waals surface area (Å²) >= 11 is 0. The standard InChI is InChI=1S/C23H31N3O2/c1-14(2)17-6-8-18(9-7-17)21(15(3)4)25-16(5)23(28)26-20-12-10-19(11-13-20)22(24)27/h6-16,21,25H,1-5H3,(H2,24,27)(H,26,28)/p+1/t16-,21+/m1/s1. The zero-order valence-corrected chi connectivity index (χ0v) is 17.4. The lowest BCUT2D eigenvalue weighted by atomic mass is 9.93. The van der Waals surface area contributed by atoms with Gasteiger partial charge in [0.25, 0.3) is 5.91 Å². The number of anilines is 1. The number of amides is 2. The minimum Gasteiger partial charge on any atom is -0.366 e. The van der Waals surface area contributed by atoms with E-state index in [2.05, 4.69) is 62.6 Å². The molecule has 2 amide bonds. The molecule has 5 nitrogen and oxygen atoms in total. The SMILES string of the molecule is CC(C)c1ccc([C@@H]([NH2+][C@H](C)C(=O)Nc2ccc(C(N)=O)cc2)C(C)C)cc1. The van der Waals surface area contributed by atoms with E-state index in [9.17, 15) is 9.59 Å². The van der Waals surface area contributed by atoms with Gasteiger partial charge in [-0.25, -0.2) is 0 Å². The molecule has 150 valence electrons. The molecule has 2 aromatic rings. The van der Waals surface area contributed by atoms with Crippen molar-refractivity contribution in [2.45, 2.75) is 52.6 Å². The van der Waals surface area contributed by atoms with Crippen LogP contribution in [0.15, 0.2) is 48.5 Å². The first-order valence-electron chi connectivity index (χ1n) is 9.84. The molecule has 0 saturated carbocycles. The molecule has 5 heteroatoms. The topological polar surface area (TPSA) is 88.8 Å². The molecule has 0 radical (unpaired) electrons. The summed E-state index contributed by atoms with van der Waals surface area (Å²) in [5, 5.41) is 5.02. The van der Waals surface area contributed by atoms with Gasteiger partial charge >= 0.3 is 0 Å². The van der Waals surface area contributed by atoms with E-state index in [1.165, 1.54) is 11.1 Å². The first-order valence-corrected chi connectivity index (χ1v) is 9.84. The third-order valence-electron chi connectivity index (χ3n) is 5.05. The summed E-state index contributed by atoms with van der Waals surface area (Å²) in [5.74, 6) is 0.329. The molecule has 0 aliphatic carbocycles.